The number of hydrogen-bond acceptors (Lipinski definition) is 3. The third kappa shape index (κ3) is 4.58. The molecule has 1 amide bonds. The van der Waals surface area contributed by atoms with Crippen molar-refractivity contribution in [1.29, 1.82) is 0 Å². The number of amides is 1. The molecule has 0 bridgehead atoms. The highest BCUT2D eigenvalue weighted by atomic mass is 79.9. The lowest BCUT2D eigenvalue weighted by molar-refractivity contribution is -0.116. The van der Waals surface area contributed by atoms with E-state index in [-0.39, 0.29) is 0 Å². The number of nitrogens with zero attached hydrogens (tertiary/aromatic N) is 1. The number of rotatable bonds is 5. The molecule has 2 aromatic carbocycles. The quantitative estimate of drug-likeness (QED) is 0.819. The summed E-state index contributed by atoms with van der Waals surface area (Å²) in [7, 11) is -3.61. The topological polar surface area (TPSA) is 66.5 Å². The van der Waals surface area contributed by atoms with Crippen LogP contribution in [0.25, 0.3) is 0 Å². The third-order valence-electron chi connectivity index (χ3n) is 3.49. The molecule has 24 heavy (non-hydrogen) atoms. The zero-order valence-electron chi connectivity index (χ0n) is 13.7. The Morgan fingerprint density at radius 1 is 1.08 bits per heavy atom. The van der Waals surface area contributed by atoms with Crippen LogP contribution in [0.4, 0.5) is 11.4 Å². The van der Waals surface area contributed by atoms with Crippen LogP contribution in [0, 0.1) is 6.92 Å². The molecule has 128 valence electrons. The van der Waals surface area contributed by atoms with Crippen molar-refractivity contribution in [1.82, 2.24) is 0 Å². The van der Waals surface area contributed by atoms with Gasteiger partial charge in [-0.1, -0.05) is 33.6 Å². The predicted molar refractivity (Wildman–Crippen MR) is 101 cm³/mol. The Bertz CT molecular complexity index is 818. The molecule has 1 unspecified atom stereocenters. The first-order valence-corrected chi connectivity index (χ1v) is 9.95. The van der Waals surface area contributed by atoms with Gasteiger partial charge in [-0.05, 0) is 50.2 Å². The van der Waals surface area contributed by atoms with Gasteiger partial charge in [0.15, 0.2) is 0 Å². The highest BCUT2D eigenvalue weighted by Crippen LogP contribution is 2.22. The van der Waals surface area contributed by atoms with Gasteiger partial charge in [0.05, 0.1) is 11.9 Å². The SMILES string of the molecule is Cc1ccc(N(C(C)C(=O)Nc2ccc(Br)cc2)S(C)(=O)=O)cc1. The molecule has 0 saturated carbocycles. The second-order valence-corrected chi connectivity index (χ2v) is 8.34. The minimum absolute atomic E-state index is 0.400. The van der Waals surface area contributed by atoms with E-state index in [2.05, 4.69) is 21.2 Å². The molecule has 5 nitrogen and oxygen atoms in total. The number of hydrogen-bond donors (Lipinski definition) is 1. The molecular weight excluding hydrogens is 392 g/mol. The van der Waals surface area contributed by atoms with Gasteiger partial charge in [-0.2, -0.15) is 0 Å². The first-order chi connectivity index (χ1) is 11.2. The van der Waals surface area contributed by atoms with Crippen molar-refractivity contribution in [2.24, 2.45) is 0 Å². The predicted octanol–water partition coefficient (Wildman–Crippen LogP) is 3.55. The molecule has 0 aliphatic heterocycles. The Morgan fingerprint density at radius 3 is 2.12 bits per heavy atom. The molecule has 0 aliphatic rings. The Balaban J connectivity index is 2.27. The number of aryl methyl sites for hydroxylation is 1. The zero-order chi connectivity index (χ0) is 17.9. The van der Waals surface area contributed by atoms with E-state index in [1.54, 1.807) is 43.3 Å². The minimum atomic E-state index is -3.61. The van der Waals surface area contributed by atoms with Crippen LogP contribution < -0.4 is 9.62 Å². The summed E-state index contributed by atoms with van der Waals surface area (Å²) in [5, 5.41) is 2.74. The summed E-state index contributed by atoms with van der Waals surface area (Å²) in [5.74, 6) is -0.400. The van der Waals surface area contributed by atoms with Crippen molar-refractivity contribution in [3.05, 3.63) is 58.6 Å². The lowest BCUT2D eigenvalue weighted by Crippen LogP contribution is -2.45. The lowest BCUT2D eigenvalue weighted by atomic mass is 10.2. The number of sulfonamides is 1. The molecule has 0 spiro atoms. The number of carbonyl (C=O) groups is 1. The van der Waals surface area contributed by atoms with Crippen LogP contribution in [-0.2, 0) is 14.8 Å². The number of nitrogens with one attached hydrogen (secondary N) is 1. The summed E-state index contributed by atoms with van der Waals surface area (Å²) in [6, 6.07) is 13.2. The van der Waals surface area contributed by atoms with Crippen molar-refractivity contribution in [2.45, 2.75) is 19.9 Å². The van der Waals surface area contributed by atoms with Crippen LogP contribution in [0.3, 0.4) is 0 Å². The smallest absolute Gasteiger partial charge is 0.247 e. The summed E-state index contributed by atoms with van der Waals surface area (Å²) < 4.78 is 26.4. The van der Waals surface area contributed by atoms with E-state index in [4.69, 9.17) is 0 Å². The Kier molecular flexibility index (Phi) is 5.66. The largest absolute Gasteiger partial charge is 0.324 e. The van der Waals surface area contributed by atoms with Crippen LogP contribution in [0.1, 0.15) is 12.5 Å². The van der Waals surface area contributed by atoms with E-state index in [0.29, 0.717) is 11.4 Å². The fourth-order valence-corrected chi connectivity index (χ4v) is 3.72. The first-order valence-electron chi connectivity index (χ1n) is 7.31. The molecule has 0 saturated heterocycles. The van der Waals surface area contributed by atoms with E-state index >= 15 is 0 Å². The van der Waals surface area contributed by atoms with Crippen LogP contribution in [0.2, 0.25) is 0 Å². The number of benzene rings is 2. The molecule has 7 heteroatoms. The van der Waals surface area contributed by atoms with Gasteiger partial charge < -0.3 is 5.32 Å². The zero-order valence-corrected chi connectivity index (χ0v) is 16.1. The molecule has 0 fully saturated rings. The van der Waals surface area contributed by atoms with Crippen LogP contribution in [0.15, 0.2) is 53.0 Å². The lowest BCUT2D eigenvalue weighted by Gasteiger charge is -2.28. The fourth-order valence-electron chi connectivity index (χ4n) is 2.28. The second-order valence-electron chi connectivity index (χ2n) is 5.57. The highest BCUT2D eigenvalue weighted by Gasteiger charge is 2.29. The van der Waals surface area contributed by atoms with Crippen molar-refractivity contribution in [3.63, 3.8) is 0 Å². The second kappa shape index (κ2) is 7.36. The standard InChI is InChI=1S/C17H19BrN2O3S/c1-12-4-10-16(11-5-12)20(24(3,22)23)13(2)17(21)19-15-8-6-14(18)7-9-15/h4-11,13H,1-3H3,(H,19,21). The molecule has 2 rings (SSSR count). The third-order valence-corrected chi connectivity index (χ3v) is 5.26. The van der Waals surface area contributed by atoms with Crippen molar-refractivity contribution >= 4 is 43.2 Å². The normalized spacial score (nSPS) is 12.5. The number of carbonyl (C=O) groups excluding carboxylic acids is 1. The molecule has 0 heterocycles. The monoisotopic (exact) mass is 410 g/mol. The molecule has 0 radical (unpaired) electrons. The number of halogens is 1. The number of anilines is 2. The van der Waals surface area contributed by atoms with E-state index in [1.807, 2.05) is 19.1 Å². The van der Waals surface area contributed by atoms with Crippen LogP contribution in [-0.4, -0.2) is 26.6 Å². The van der Waals surface area contributed by atoms with Gasteiger partial charge in [0.25, 0.3) is 0 Å². The maximum absolute atomic E-state index is 12.5. The maximum Gasteiger partial charge on any atom is 0.247 e. The van der Waals surface area contributed by atoms with Crippen LogP contribution in [0.5, 0.6) is 0 Å². The summed E-state index contributed by atoms with van der Waals surface area (Å²) in [5.41, 5.74) is 2.08. The molecule has 0 aliphatic carbocycles. The van der Waals surface area contributed by atoms with E-state index in [0.717, 1.165) is 20.6 Å². The average Bonchev–Trinajstić information content (AvgIpc) is 2.50. The van der Waals surface area contributed by atoms with Gasteiger partial charge in [-0.25, -0.2) is 8.42 Å². The van der Waals surface area contributed by atoms with Gasteiger partial charge in [0.1, 0.15) is 6.04 Å². The molecule has 0 aromatic heterocycles. The first kappa shape index (κ1) is 18.5. The summed E-state index contributed by atoms with van der Waals surface area (Å²) >= 11 is 3.33. The fraction of sp³-hybridized carbons (Fsp3) is 0.235. The van der Waals surface area contributed by atoms with Gasteiger partial charge in [-0.3, -0.25) is 9.10 Å². The Morgan fingerprint density at radius 2 is 1.62 bits per heavy atom. The van der Waals surface area contributed by atoms with E-state index < -0.39 is 22.0 Å². The summed E-state index contributed by atoms with van der Waals surface area (Å²) in [6.45, 7) is 3.48. The van der Waals surface area contributed by atoms with E-state index in [1.165, 1.54) is 0 Å². The van der Waals surface area contributed by atoms with Gasteiger partial charge in [0.2, 0.25) is 15.9 Å². The van der Waals surface area contributed by atoms with Crippen molar-refractivity contribution in [3.8, 4) is 0 Å². The van der Waals surface area contributed by atoms with Crippen LogP contribution >= 0.6 is 15.9 Å². The van der Waals surface area contributed by atoms with Crippen molar-refractivity contribution in [2.75, 3.05) is 15.9 Å². The Hall–Kier alpha value is -1.86. The van der Waals surface area contributed by atoms with E-state index in [9.17, 15) is 13.2 Å². The summed E-state index contributed by atoms with van der Waals surface area (Å²) in [6.07, 6.45) is 1.09. The molecule has 1 atom stereocenters. The summed E-state index contributed by atoms with van der Waals surface area (Å²) in [4.78, 5) is 12.5. The molecule has 1 N–H and O–H groups in total. The van der Waals surface area contributed by atoms with Gasteiger partial charge in [-0.15, -0.1) is 0 Å². The molecular formula is C17H19BrN2O3S. The molecule has 2 aromatic rings. The van der Waals surface area contributed by atoms with Gasteiger partial charge in [0, 0.05) is 10.2 Å². The van der Waals surface area contributed by atoms with Gasteiger partial charge >= 0.3 is 0 Å². The minimum Gasteiger partial charge on any atom is -0.324 e. The highest BCUT2D eigenvalue weighted by molar-refractivity contribution is 9.10. The maximum atomic E-state index is 12.5. The average molecular weight is 411 g/mol. The Labute approximate surface area is 150 Å². The van der Waals surface area contributed by atoms with Crippen molar-refractivity contribution < 1.29 is 13.2 Å².